The van der Waals surface area contributed by atoms with Gasteiger partial charge in [0.2, 0.25) is 10.0 Å². The highest BCUT2D eigenvalue weighted by Crippen LogP contribution is 2.17. The summed E-state index contributed by atoms with van der Waals surface area (Å²) in [5.41, 5.74) is 0.449. The second-order valence-corrected chi connectivity index (χ2v) is 5.69. The molecule has 2 aromatic rings. The van der Waals surface area contributed by atoms with Crippen molar-refractivity contribution in [2.24, 2.45) is 0 Å². The van der Waals surface area contributed by atoms with Gasteiger partial charge in [0.1, 0.15) is 0 Å². The Kier molecular flexibility index (Phi) is 1.97. The van der Waals surface area contributed by atoms with Gasteiger partial charge in [0, 0.05) is 0 Å². The summed E-state index contributed by atoms with van der Waals surface area (Å²) >= 11 is 0.934. The average molecular weight is 229 g/mol. The first-order chi connectivity index (χ1) is 6.50. The van der Waals surface area contributed by atoms with Crippen LogP contribution >= 0.6 is 11.3 Å². The molecule has 0 aliphatic carbocycles. The molecule has 0 aliphatic heterocycles. The standard InChI is InChI=1S/C8H7NO3S2/c1-14(11,12)9-6-4-2-3-5-7(6)13-8(9)10/h2-5H,1H3. The van der Waals surface area contributed by atoms with Crippen molar-refractivity contribution in [3.8, 4) is 0 Å². The lowest BCUT2D eigenvalue weighted by Crippen LogP contribution is -2.20. The molecule has 1 aromatic carbocycles. The van der Waals surface area contributed by atoms with Crippen molar-refractivity contribution in [1.29, 1.82) is 0 Å². The first kappa shape index (κ1) is 9.42. The Bertz CT molecular complexity index is 636. The first-order valence-electron chi connectivity index (χ1n) is 3.81. The van der Waals surface area contributed by atoms with Crippen molar-refractivity contribution < 1.29 is 8.42 Å². The van der Waals surface area contributed by atoms with Crippen molar-refractivity contribution >= 4 is 31.6 Å². The van der Waals surface area contributed by atoms with Crippen molar-refractivity contribution in [1.82, 2.24) is 3.97 Å². The van der Waals surface area contributed by atoms with Crippen LogP contribution in [0.1, 0.15) is 0 Å². The van der Waals surface area contributed by atoms with E-state index in [0.29, 0.717) is 10.2 Å². The Morgan fingerprint density at radius 3 is 2.57 bits per heavy atom. The fraction of sp³-hybridized carbons (Fsp3) is 0.125. The zero-order valence-corrected chi connectivity index (χ0v) is 8.93. The van der Waals surface area contributed by atoms with Crippen molar-refractivity contribution in [3.63, 3.8) is 0 Å². The summed E-state index contributed by atoms with van der Waals surface area (Å²) in [6.45, 7) is 0. The minimum absolute atomic E-state index is 0.449. The van der Waals surface area contributed by atoms with Crippen molar-refractivity contribution in [3.05, 3.63) is 33.9 Å². The molecule has 0 bridgehead atoms. The molecule has 2 rings (SSSR count). The maximum Gasteiger partial charge on any atom is 0.321 e. The minimum Gasteiger partial charge on any atom is -0.256 e. The van der Waals surface area contributed by atoms with Gasteiger partial charge in [-0.15, -0.1) is 0 Å². The zero-order valence-electron chi connectivity index (χ0n) is 7.30. The van der Waals surface area contributed by atoms with E-state index < -0.39 is 14.9 Å². The van der Waals surface area contributed by atoms with Crippen LogP contribution in [0.3, 0.4) is 0 Å². The van der Waals surface area contributed by atoms with Gasteiger partial charge in [0.15, 0.2) is 0 Å². The number of benzene rings is 1. The summed E-state index contributed by atoms with van der Waals surface area (Å²) < 4.78 is 24.1. The number of nitrogens with zero attached hydrogens (tertiary/aromatic N) is 1. The topological polar surface area (TPSA) is 56.1 Å². The molecule has 0 spiro atoms. The van der Waals surface area contributed by atoms with Gasteiger partial charge in [-0.3, -0.25) is 4.79 Å². The quantitative estimate of drug-likeness (QED) is 0.729. The predicted molar refractivity (Wildman–Crippen MR) is 56.3 cm³/mol. The van der Waals surface area contributed by atoms with Crippen LogP contribution in [-0.4, -0.2) is 18.6 Å². The van der Waals surface area contributed by atoms with E-state index in [4.69, 9.17) is 0 Å². The third-order valence-electron chi connectivity index (χ3n) is 1.78. The van der Waals surface area contributed by atoms with Crippen LogP contribution in [0.2, 0.25) is 0 Å². The monoisotopic (exact) mass is 229 g/mol. The summed E-state index contributed by atoms with van der Waals surface area (Å²) in [4.78, 5) is 10.9. The van der Waals surface area contributed by atoms with Crippen LogP contribution in [0.15, 0.2) is 29.1 Å². The molecule has 0 fully saturated rings. The van der Waals surface area contributed by atoms with Gasteiger partial charge in [0.05, 0.1) is 16.5 Å². The minimum atomic E-state index is -3.50. The van der Waals surface area contributed by atoms with Gasteiger partial charge in [-0.05, 0) is 12.1 Å². The van der Waals surface area contributed by atoms with Gasteiger partial charge >= 0.3 is 4.87 Å². The van der Waals surface area contributed by atoms with E-state index in [9.17, 15) is 13.2 Å². The summed E-state index contributed by atoms with van der Waals surface area (Å²) in [5, 5.41) is 0. The Balaban J connectivity index is 3.03. The third-order valence-corrected chi connectivity index (χ3v) is 3.84. The maximum absolute atomic E-state index is 11.4. The van der Waals surface area contributed by atoms with Crippen LogP contribution < -0.4 is 4.87 Å². The second kappa shape index (κ2) is 2.93. The molecule has 74 valence electrons. The molecule has 0 amide bonds. The van der Waals surface area contributed by atoms with E-state index in [1.807, 2.05) is 0 Å². The highest BCUT2D eigenvalue weighted by molar-refractivity contribution is 7.89. The molecule has 0 radical (unpaired) electrons. The predicted octanol–water partition coefficient (Wildman–Crippen LogP) is 0.871. The lowest BCUT2D eigenvalue weighted by molar-refractivity contribution is 0.594. The van der Waals surface area contributed by atoms with Gasteiger partial charge < -0.3 is 0 Å². The SMILES string of the molecule is CS(=O)(=O)n1c(=O)sc2ccccc21. The van der Waals surface area contributed by atoms with E-state index in [1.54, 1.807) is 24.3 Å². The number of aromatic nitrogens is 1. The molecule has 1 aromatic heterocycles. The highest BCUT2D eigenvalue weighted by atomic mass is 32.2. The van der Waals surface area contributed by atoms with Crippen LogP contribution in [0, 0.1) is 0 Å². The molecule has 6 heteroatoms. The lowest BCUT2D eigenvalue weighted by atomic mass is 10.3. The summed E-state index contributed by atoms with van der Waals surface area (Å²) in [7, 11) is -3.50. The summed E-state index contributed by atoms with van der Waals surface area (Å²) in [5.74, 6) is 0. The molecule has 1 heterocycles. The van der Waals surface area contributed by atoms with Gasteiger partial charge in [0.25, 0.3) is 0 Å². The van der Waals surface area contributed by atoms with Gasteiger partial charge in [-0.2, -0.15) is 3.97 Å². The molecular weight excluding hydrogens is 222 g/mol. The molecule has 14 heavy (non-hydrogen) atoms. The Labute approximate surface area is 84.5 Å². The number of hydrogen-bond acceptors (Lipinski definition) is 4. The van der Waals surface area contributed by atoms with Crippen LogP contribution in [-0.2, 0) is 10.0 Å². The van der Waals surface area contributed by atoms with Crippen molar-refractivity contribution in [2.75, 3.05) is 6.26 Å². The van der Waals surface area contributed by atoms with E-state index in [2.05, 4.69) is 0 Å². The fourth-order valence-corrected chi connectivity index (χ4v) is 3.40. The maximum atomic E-state index is 11.4. The average Bonchev–Trinajstić information content (AvgIpc) is 2.38. The number of rotatable bonds is 1. The highest BCUT2D eigenvalue weighted by Gasteiger charge is 2.14. The van der Waals surface area contributed by atoms with Gasteiger partial charge in [-0.1, -0.05) is 23.5 Å². The number of thiazole rings is 1. The Morgan fingerprint density at radius 1 is 1.29 bits per heavy atom. The first-order valence-corrected chi connectivity index (χ1v) is 6.48. The largest absolute Gasteiger partial charge is 0.321 e. The van der Waals surface area contributed by atoms with Gasteiger partial charge in [-0.25, -0.2) is 8.42 Å². The number of fused-ring (bicyclic) bond motifs is 1. The molecule has 0 saturated heterocycles. The molecule has 0 saturated carbocycles. The Morgan fingerprint density at radius 2 is 1.93 bits per heavy atom. The van der Waals surface area contributed by atoms with E-state index in [0.717, 1.165) is 21.6 Å². The number of para-hydroxylation sites is 1. The van der Waals surface area contributed by atoms with E-state index in [-0.39, 0.29) is 0 Å². The Hall–Kier alpha value is -1.14. The normalized spacial score (nSPS) is 12.1. The molecule has 0 unspecified atom stereocenters. The second-order valence-electron chi connectivity index (χ2n) is 2.86. The van der Waals surface area contributed by atoms with E-state index in [1.165, 1.54) is 0 Å². The summed E-state index contributed by atoms with van der Waals surface area (Å²) in [6, 6.07) is 6.82. The third kappa shape index (κ3) is 1.36. The summed E-state index contributed by atoms with van der Waals surface area (Å²) in [6.07, 6.45) is 1.02. The zero-order chi connectivity index (χ0) is 10.3. The van der Waals surface area contributed by atoms with Crippen LogP contribution in [0.25, 0.3) is 10.2 Å². The number of hydrogen-bond donors (Lipinski definition) is 0. The smallest absolute Gasteiger partial charge is 0.256 e. The molecule has 4 nitrogen and oxygen atoms in total. The van der Waals surface area contributed by atoms with E-state index >= 15 is 0 Å². The molecule has 0 N–H and O–H groups in total. The van der Waals surface area contributed by atoms with Crippen LogP contribution in [0.4, 0.5) is 0 Å². The van der Waals surface area contributed by atoms with Crippen LogP contribution in [0.5, 0.6) is 0 Å². The molecular formula is C8H7NO3S2. The van der Waals surface area contributed by atoms with Crippen molar-refractivity contribution in [2.45, 2.75) is 0 Å². The lowest BCUT2D eigenvalue weighted by Gasteiger charge is -1.98. The fourth-order valence-electron chi connectivity index (χ4n) is 1.26. The molecule has 0 aliphatic rings. The molecule has 0 atom stereocenters.